The average Bonchev–Trinajstić information content (AvgIpc) is 2.78. The number of nitro groups is 1. The summed E-state index contributed by atoms with van der Waals surface area (Å²) < 4.78 is 57.9. The highest BCUT2D eigenvalue weighted by Gasteiger charge is 2.40. The molecule has 1 heterocycles. The van der Waals surface area contributed by atoms with Gasteiger partial charge in [-0.05, 0) is 44.4 Å². The molecule has 0 spiro atoms. The lowest BCUT2D eigenvalue weighted by Crippen LogP contribution is -2.44. The molecule has 0 saturated carbocycles. The zero-order valence-electron chi connectivity index (χ0n) is 19.2. The third-order valence-corrected chi connectivity index (χ3v) is 8.40. The minimum atomic E-state index is -3.80. The molecule has 0 bridgehead atoms. The fraction of sp³-hybridized carbons (Fsp3) is 0.391. The van der Waals surface area contributed by atoms with E-state index in [1.807, 2.05) is 6.07 Å². The Kier molecular flexibility index (Phi) is 7.88. The van der Waals surface area contributed by atoms with Crippen LogP contribution < -0.4 is 10.6 Å². The Balaban J connectivity index is 1.86. The van der Waals surface area contributed by atoms with Crippen LogP contribution >= 0.6 is 0 Å². The van der Waals surface area contributed by atoms with E-state index in [2.05, 4.69) is 10.6 Å². The van der Waals surface area contributed by atoms with Crippen molar-refractivity contribution >= 4 is 10.0 Å². The van der Waals surface area contributed by atoms with Gasteiger partial charge in [-0.15, -0.1) is 0 Å². The third-order valence-electron chi connectivity index (χ3n) is 6.03. The Labute approximate surface area is 197 Å². The second-order valence-electron chi connectivity index (χ2n) is 8.33. The fourth-order valence-corrected chi connectivity index (χ4v) is 6.35. The van der Waals surface area contributed by atoms with Gasteiger partial charge < -0.3 is 10.6 Å². The van der Waals surface area contributed by atoms with E-state index in [1.54, 1.807) is 31.2 Å². The summed E-state index contributed by atoms with van der Waals surface area (Å²) in [5.74, 6) is -1.46. The number of nitrogens with zero attached hydrogens (tertiary/aromatic N) is 2. The number of hydrogen-bond donors (Lipinski definition) is 2. The monoisotopic (exact) mass is 494 g/mol. The molecule has 34 heavy (non-hydrogen) atoms. The molecule has 0 amide bonds. The van der Waals surface area contributed by atoms with E-state index in [0.717, 1.165) is 12.1 Å². The average molecular weight is 495 g/mol. The molecule has 2 aromatic rings. The third kappa shape index (κ3) is 5.53. The van der Waals surface area contributed by atoms with Crippen molar-refractivity contribution in [2.45, 2.75) is 50.6 Å². The van der Waals surface area contributed by atoms with Gasteiger partial charge in [0, 0.05) is 30.8 Å². The summed E-state index contributed by atoms with van der Waals surface area (Å²) in [5.41, 5.74) is 0.555. The van der Waals surface area contributed by atoms with Crippen LogP contribution in [0.2, 0.25) is 0 Å². The summed E-state index contributed by atoms with van der Waals surface area (Å²) in [6.45, 7) is 3.00. The molecule has 1 aliphatic heterocycles. The molecule has 1 aliphatic rings. The van der Waals surface area contributed by atoms with E-state index in [1.165, 1.54) is 18.3 Å². The second kappa shape index (κ2) is 10.5. The molecule has 2 N–H and O–H groups in total. The van der Waals surface area contributed by atoms with Crippen LogP contribution in [0.1, 0.15) is 54.7 Å². The first kappa shape index (κ1) is 25.6. The Hall–Kier alpha value is -3.05. The summed E-state index contributed by atoms with van der Waals surface area (Å²) in [7, 11) is -2.34. The number of benzene rings is 2. The summed E-state index contributed by atoms with van der Waals surface area (Å²) in [6, 6.07) is 9.71. The molecule has 0 aliphatic carbocycles. The van der Waals surface area contributed by atoms with Crippen molar-refractivity contribution in [3.8, 4) is 0 Å². The Bertz CT molecular complexity index is 1170. The van der Waals surface area contributed by atoms with Gasteiger partial charge in [0.05, 0.1) is 11.0 Å². The van der Waals surface area contributed by atoms with Crippen LogP contribution in [0.5, 0.6) is 0 Å². The Morgan fingerprint density at radius 3 is 2.53 bits per heavy atom. The van der Waals surface area contributed by atoms with Gasteiger partial charge in [0.2, 0.25) is 10.0 Å². The predicted molar refractivity (Wildman–Crippen MR) is 124 cm³/mol. The van der Waals surface area contributed by atoms with E-state index in [0.29, 0.717) is 24.6 Å². The van der Waals surface area contributed by atoms with E-state index in [-0.39, 0.29) is 29.5 Å². The topological polar surface area (TPSA) is 105 Å². The lowest BCUT2D eigenvalue weighted by Gasteiger charge is -2.37. The summed E-state index contributed by atoms with van der Waals surface area (Å²) in [6.07, 6.45) is 1.73. The largest absolute Gasteiger partial charge is 0.370 e. The van der Waals surface area contributed by atoms with Crippen LogP contribution in [-0.2, 0) is 16.6 Å². The highest BCUT2D eigenvalue weighted by Crippen LogP contribution is 2.38. The van der Waals surface area contributed by atoms with Crippen molar-refractivity contribution in [3.05, 3.63) is 92.9 Å². The Morgan fingerprint density at radius 2 is 1.91 bits per heavy atom. The van der Waals surface area contributed by atoms with Crippen molar-refractivity contribution in [2.75, 3.05) is 7.05 Å². The molecule has 2 aromatic carbocycles. The molecule has 184 valence electrons. The number of sulfonamides is 1. The fourth-order valence-electron chi connectivity index (χ4n) is 4.17. The molecular formula is C23H28F2N4O4S. The first-order valence-electron chi connectivity index (χ1n) is 10.9. The molecule has 1 saturated heterocycles. The SMILES string of the molecule is CNC(=C[N+](=O)[O-])NC(C)c1cc(F)c(CN2[C@@H](C)CC[C@H](c3ccccc3)S2(=O)=O)cc1F. The van der Waals surface area contributed by atoms with Gasteiger partial charge in [0.25, 0.3) is 6.20 Å². The molecule has 3 rings (SSSR count). The second-order valence-corrected chi connectivity index (χ2v) is 10.4. The van der Waals surface area contributed by atoms with Crippen molar-refractivity contribution in [1.29, 1.82) is 0 Å². The molecule has 11 heteroatoms. The quantitative estimate of drug-likeness (QED) is 0.425. The summed E-state index contributed by atoms with van der Waals surface area (Å²) >= 11 is 0. The van der Waals surface area contributed by atoms with Crippen LogP contribution in [0.3, 0.4) is 0 Å². The normalized spacial score (nSPS) is 21.6. The van der Waals surface area contributed by atoms with Gasteiger partial charge in [0.1, 0.15) is 16.9 Å². The van der Waals surface area contributed by atoms with E-state index >= 15 is 4.39 Å². The highest BCUT2D eigenvalue weighted by atomic mass is 32.2. The maximum atomic E-state index is 15.0. The van der Waals surface area contributed by atoms with Gasteiger partial charge in [-0.2, -0.15) is 4.31 Å². The predicted octanol–water partition coefficient (Wildman–Crippen LogP) is 3.97. The highest BCUT2D eigenvalue weighted by molar-refractivity contribution is 7.89. The summed E-state index contributed by atoms with van der Waals surface area (Å²) in [4.78, 5) is 10.0. The number of halogens is 2. The van der Waals surface area contributed by atoms with Crippen molar-refractivity contribution in [2.24, 2.45) is 0 Å². The number of nitrogens with one attached hydrogen (secondary N) is 2. The van der Waals surface area contributed by atoms with Crippen molar-refractivity contribution < 1.29 is 22.1 Å². The van der Waals surface area contributed by atoms with Gasteiger partial charge in [-0.25, -0.2) is 17.2 Å². The standard InChI is InChI=1S/C23H28F2N4O4S/c1-15-9-10-22(17-7-5-4-6-8-17)34(32,33)28(15)13-18-11-21(25)19(12-20(18)24)16(2)27-23(26-3)14-29(30)31/h4-8,11-12,14-16,22,26-27H,9-10,13H2,1-3H3/t15-,16?,22+/m0/s1. The molecule has 1 unspecified atom stereocenters. The lowest BCUT2D eigenvalue weighted by atomic mass is 10.0. The Morgan fingerprint density at radius 1 is 1.24 bits per heavy atom. The molecule has 0 aromatic heterocycles. The van der Waals surface area contributed by atoms with Gasteiger partial charge in [0.15, 0.2) is 5.82 Å². The van der Waals surface area contributed by atoms with Crippen LogP contribution in [0, 0.1) is 21.7 Å². The van der Waals surface area contributed by atoms with E-state index in [9.17, 15) is 22.9 Å². The van der Waals surface area contributed by atoms with Crippen LogP contribution in [0.25, 0.3) is 0 Å². The van der Waals surface area contributed by atoms with E-state index in [4.69, 9.17) is 0 Å². The minimum Gasteiger partial charge on any atom is -0.370 e. The molecule has 0 radical (unpaired) electrons. The maximum Gasteiger partial charge on any atom is 0.274 e. The number of rotatable bonds is 8. The van der Waals surface area contributed by atoms with Gasteiger partial charge in [-0.3, -0.25) is 10.1 Å². The van der Waals surface area contributed by atoms with Crippen LogP contribution in [0.15, 0.2) is 54.5 Å². The maximum absolute atomic E-state index is 15.0. The lowest BCUT2D eigenvalue weighted by molar-refractivity contribution is -0.404. The minimum absolute atomic E-state index is 0.0292. The molecular weight excluding hydrogens is 466 g/mol. The zero-order chi connectivity index (χ0) is 25.0. The smallest absolute Gasteiger partial charge is 0.274 e. The van der Waals surface area contributed by atoms with E-state index < -0.39 is 37.9 Å². The van der Waals surface area contributed by atoms with Crippen molar-refractivity contribution in [1.82, 2.24) is 14.9 Å². The summed E-state index contributed by atoms with van der Waals surface area (Å²) in [5, 5.41) is 15.3. The zero-order valence-corrected chi connectivity index (χ0v) is 20.0. The van der Waals surface area contributed by atoms with Gasteiger partial charge >= 0.3 is 0 Å². The van der Waals surface area contributed by atoms with Gasteiger partial charge in [-0.1, -0.05) is 30.3 Å². The molecule has 8 nitrogen and oxygen atoms in total. The molecule has 1 fully saturated rings. The number of hydrogen-bond acceptors (Lipinski definition) is 6. The first-order chi connectivity index (χ1) is 16.0. The van der Waals surface area contributed by atoms with Crippen LogP contribution in [0.4, 0.5) is 8.78 Å². The van der Waals surface area contributed by atoms with Crippen LogP contribution in [-0.4, -0.2) is 30.7 Å². The molecule has 3 atom stereocenters. The first-order valence-corrected chi connectivity index (χ1v) is 12.4. The van der Waals surface area contributed by atoms with Crippen molar-refractivity contribution in [3.63, 3.8) is 0 Å².